The van der Waals surface area contributed by atoms with E-state index >= 15 is 0 Å². The molecule has 1 saturated heterocycles. The molecule has 2 heterocycles. The molecule has 2 rings (SSSR count). The topological polar surface area (TPSA) is 49.2 Å². The van der Waals surface area contributed by atoms with Crippen LogP contribution in [0.4, 0.5) is 0 Å². The smallest absolute Gasteiger partial charge is 0.141 e. The number of ether oxygens (including phenoxy) is 2. The molecule has 1 aliphatic rings. The summed E-state index contributed by atoms with van der Waals surface area (Å²) in [6.45, 7) is 2.11. The van der Waals surface area contributed by atoms with Gasteiger partial charge in [-0.15, -0.1) is 0 Å². The second kappa shape index (κ2) is 4.34. The van der Waals surface area contributed by atoms with Gasteiger partial charge >= 0.3 is 0 Å². The molecule has 1 aromatic heterocycles. The summed E-state index contributed by atoms with van der Waals surface area (Å²) in [6, 6.07) is 0. The molecule has 1 aliphatic heterocycles. The van der Waals surface area contributed by atoms with E-state index in [1.807, 2.05) is 0 Å². The van der Waals surface area contributed by atoms with Gasteiger partial charge in [0, 0.05) is 13.2 Å². The average Bonchev–Trinajstić information content (AvgIpc) is 2.69. The van der Waals surface area contributed by atoms with Gasteiger partial charge in [-0.2, -0.15) is 5.10 Å². The van der Waals surface area contributed by atoms with Gasteiger partial charge in [0.15, 0.2) is 0 Å². The molecule has 1 fully saturated rings. The number of aromatic nitrogens is 3. The molecule has 0 N–H and O–H groups in total. The normalized spacial score (nSPS) is 19.1. The van der Waals surface area contributed by atoms with Gasteiger partial charge in [0.1, 0.15) is 19.4 Å². The highest BCUT2D eigenvalue weighted by Gasteiger charge is 2.13. The summed E-state index contributed by atoms with van der Waals surface area (Å²) < 4.78 is 12.5. The molecule has 1 aromatic rings. The molecule has 13 heavy (non-hydrogen) atoms. The Bertz CT molecular complexity index is 232. The first-order valence-corrected chi connectivity index (χ1v) is 4.47. The zero-order chi connectivity index (χ0) is 8.93. The molecular formula is C8H13N3O2. The summed E-state index contributed by atoms with van der Waals surface area (Å²) in [5, 5.41) is 3.95. The lowest BCUT2D eigenvalue weighted by Gasteiger charge is -2.21. The molecule has 0 saturated carbocycles. The van der Waals surface area contributed by atoms with E-state index in [1.165, 1.54) is 6.33 Å². The Kier molecular flexibility index (Phi) is 2.89. The van der Waals surface area contributed by atoms with Crippen LogP contribution in [-0.4, -0.2) is 34.1 Å². The minimum atomic E-state index is 0.318. The van der Waals surface area contributed by atoms with Gasteiger partial charge in [-0.25, -0.2) is 9.67 Å². The third-order valence-electron chi connectivity index (χ3n) is 2.08. The third-order valence-corrected chi connectivity index (χ3v) is 2.08. The Balaban J connectivity index is 1.72. The van der Waals surface area contributed by atoms with Crippen LogP contribution in [0.5, 0.6) is 0 Å². The van der Waals surface area contributed by atoms with E-state index in [0.717, 1.165) is 26.1 Å². The Labute approximate surface area is 76.7 Å². The van der Waals surface area contributed by atoms with E-state index in [9.17, 15) is 0 Å². The van der Waals surface area contributed by atoms with Gasteiger partial charge in [-0.05, 0) is 12.8 Å². The minimum absolute atomic E-state index is 0.318. The molecule has 5 heteroatoms. The Morgan fingerprint density at radius 2 is 2.31 bits per heavy atom. The van der Waals surface area contributed by atoms with E-state index in [2.05, 4.69) is 10.1 Å². The number of hydrogen-bond acceptors (Lipinski definition) is 4. The molecule has 0 bridgehead atoms. The van der Waals surface area contributed by atoms with E-state index in [1.54, 1.807) is 11.0 Å². The standard InChI is InChI=1S/C8H13N3O2/c1-3-12-4-2-8(1)13-7-11-6-9-5-10-11/h5-6,8H,1-4,7H2. The van der Waals surface area contributed by atoms with Gasteiger partial charge < -0.3 is 9.47 Å². The van der Waals surface area contributed by atoms with Crippen LogP contribution in [0.2, 0.25) is 0 Å². The fourth-order valence-corrected chi connectivity index (χ4v) is 1.32. The minimum Gasteiger partial charge on any atom is -0.381 e. The first-order valence-electron chi connectivity index (χ1n) is 4.47. The zero-order valence-corrected chi connectivity index (χ0v) is 7.43. The average molecular weight is 183 g/mol. The van der Waals surface area contributed by atoms with Gasteiger partial charge in [-0.1, -0.05) is 0 Å². The van der Waals surface area contributed by atoms with Crippen molar-refractivity contribution in [1.29, 1.82) is 0 Å². The van der Waals surface area contributed by atoms with Gasteiger partial charge in [0.2, 0.25) is 0 Å². The maximum atomic E-state index is 5.61. The third kappa shape index (κ3) is 2.50. The Morgan fingerprint density at radius 1 is 1.46 bits per heavy atom. The summed E-state index contributed by atoms with van der Waals surface area (Å²) >= 11 is 0. The highest BCUT2D eigenvalue weighted by Crippen LogP contribution is 2.10. The van der Waals surface area contributed by atoms with Crippen molar-refractivity contribution in [2.75, 3.05) is 13.2 Å². The molecule has 0 unspecified atom stereocenters. The highest BCUT2D eigenvalue weighted by atomic mass is 16.5. The summed E-state index contributed by atoms with van der Waals surface area (Å²) in [6.07, 6.45) is 5.44. The molecule has 0 spiro atoms. The fourth-order valence-electron chi connectivity index (χ4n) is 1.32. The maximum absolute atomic E-state index is 5.61. The monoisotopic (exact) mass is 183 g/mol. The van der Waals surface area contributed by atoms with Crippen molar-refractivity contribution in [3.05, 3.63) is 12.7 Å². The Hall–Kier alpha value is -0.940. The SMILES string of the molecule is c1ncn(COC2CCOCC2)n1. The van der Waals surface area contributed by atoms with Crippen LogP contribution in [0.15, 0.2) is 12.7 Å². The summed E-state index contributed by atoms with van der Waals surface area (Å²) in [7, 11) is 0. The van der Waals surface area contributed by atoms with Crippen LogP contribution in [-0.2, 0) is 16.2 Å². The van der Waals surface area contributed by atoms with Crippen molar-refractivity contribution in [3.8, 4) is 0 Å². The fraction of sp³-hybridized carbons (Fsp3) is 0.750. The van der Waals surface area contributed by atoms with Crippen molar-refractivity contribution in [1.82, 2.24) is 14.8 Å². The van der Waals surface area contributed by atoms with Crippen LogP contribution in [0.1, 0.15) is 12.8 Å². The predicted octanol–water partition coefficient (Wildman–Crippen LogP) is 0.431. The number of nitrogens with zero attached hydrogens (tertiary/aromatic N) is 3. The van der Waals surface area contributed by atoms with Crippen molar-refractivity contribution >= 4 is 0 Å². The van der Waals surface area contributed by atoms with Crippen molar-refractivity contribution in [3.63, 3.8) is 0 Å². The summed E-state index contributed by atoms with van der Waals surface area (Å²) in [5.74, 6) is 0. The van der Waals surface area contributed by atoms with Crippen LogP contribution in [0, 0.1) is 0 Å². The molecule has 0 aliphatic carbocycles. The van der Waals surface area contributed by atoms with Gasteiger partial charge in [-0.3, -0.25) is 0 Å². The van der Waals surface area contributed by atoms with Gasteiger partial charge in [0.25, 0.3) is 0 Å². The second-order valence-corrected chi connectivity index (χ2v) is 3.04. The summed E-state index contributed by atoms with van der Waals surface area (Å²) in [4.78, 5) is 3.83. The number of hydrogen-bond donors (Lipinski definition) is 0. The van der Waals surface area contributed by atoms with Crippen LogP contribution in [0.3, 0.4) is 0 Å². The molecule has 0 amide bonds. The first-order chi connectivity index (χ1) is 6.45. The summed E-state index contributed by atoms with van der Waals surface area (Å²) in [5.41, 5.74) is 0. The van der Waals surface area contributed by atoms with Gasteiger partial charge in [0.05, 0.1) is 6.10 Å². The first kappa shape index (κ1) is 8.65. The zero-order valence-electron chi connectivity index (χ0n) is 7.43. The quantitative estimate of drug-likeness (QED) is 0.682. The van der Waals surface area contributed by atoms with E-state index in [0.29, 0.717) is 12.8 Å². The maximum Gasteiger partial charge on any atom is 0.141 e. The van der Waals surface area contributed by atoms with Crippen molar-refractivity contribution < 1.29 is 9.47 Å². The molecule has 0 aromatic carbocycles. The lowest BCUT2D eigenvalue weighted by molar-refractivity contribution is -0.0600. The molecule has 72 valence electrons. The van der Waals surface area contributed by atoms with Crippen molar-refractivity contribution in [2.45, 2.75) is 25.7 Å². The predicted molar refractivity (Wildman–Crippen MR) is 44.9 cm³/mol. The highest BCUT2D eigenvalue weighted by molar-refractivity contribution is 4.62. The second-order valence-electron chi connectivity index (χ2n) is 3.04. The molecular weight excluding hydrogens is 170 g/mol. The molecule has 0 radical (unpaired) electrons. The lowest BCUT2D eigenvalue weighted by atomic mass is 10.2. The lowest BCUT2D eigenvalue weighted by Crippen LogP contribution is -2.24. The number of rotatable bonds is 3. The van der Waals surface area contributed by atoms with E-state index in [4.69, 9.17) is 9.47 Å². The van der Waals surface area contributed by atoms with E-state index < -0.39 is 0 Å². The van der Waals surface area contributed by atoms with Crippen LogP contribution >= 0.6 is 0 Å². The molecule has 5 nitrogen and oxygen atoms in total. The van der Waals surface area contributed by atoms with E-state index in [-0.39, 0.29) is 0 Å². The van der Waals surface area contributed by atoms with Crippen molar-refractivity contribution in [2.24, 2.45) is 0 Å². The van der Waals surface area contributed by atoms with Crippen LogP contribution < -0.4 is 0 Å². The van der Waals surface area contributed by atoms with Crippen LogP contribution in [0.25, 0.3) is 0 Å². The largest absolute Gasteiger partial charge is 0.381 e. The molecule has 0 atom stereocenters. The Morgan fingerprint density at radius 3 is 3.00 bits per heavy atom.